The van der Waals surface area contributed by atoms with Gasteiger partial charge in [-0.05, 0) is 29.5 Å². The van der Waals surface area contributed by atoms with Gasteiger partial charge >= 0.3 is 0 Å². The molecule has 0 aliphatic rings. The molecule has 2 rings (SSSR count). The zero-order valence-electron chi connectivity index (χ0n) is 8.55. The Bertz CT molecular complexity index is 551. The summed E-state index contributed by atoms with van der Waals surface area (Å²) < 4.78 is 0.991. The second-order valence-electron chi connectivity index (χ2n) is 3.06. The molecule has 2 N–H and O–H groups in total. The van der Waals surface area contributed by atoms with Crippen LogP contribution in [0.2, 0.25) is 0 Å². The molecule has 0 saturated heterocycles. The lowest BCUT2D eigenvalue weighted by Crippen LogP contribution is -1.92. The molecule has 1 aromatic carbocycles. The van der Waals surface area contributed by atoms with E-state index >= 15 is 0 Å². The van der Waals surface area contributed by atoms with E-state index in [0.29, 0.717) is 5.57 Å². The molecule has 0 fully saturated rings. The summed E-state index contributed by atoms with van der Waals surface area (Å²) in [5.41, 5.74) is 1.17. The van der Waals surface area contributed by atoms with Gasteiger partial charge in [-0.25, -0.2) is 0 Å². The van der Waals surface area contributed by atoms with Crippen LogP contribution in [0.15, 0.2) is 34.9 Å². The third kappa shape index (κ3) is 2.89. The van der Waals surface area contributed by atoms with E-state index in [9.17, 15) is 0 Å². The van der Waals surface area contributed by atoms with Gasteiger partial charge in [0.1, 0.15) is 11.6 Å². The molecule has 1 aromatic heterocycles. The van der Waals surface area contributed by atoms with E-state index < -0.39 is 0 Å². The predicted molar refractivity (Wildman–Crippen MR) is 65.5 cm³/mol. The van der Waals surface area contributed by atoms with Crippen LogP contribution in [0.25, 0.3) is 5.57 Å². The van der Waals surface area contributed by atoms with E-state index in [1.165, 1.54) is 6.20 Å². The number of nitrogens with one attached hydrogen (secondary N) is 2. The van der Waals surface area contributed by atoms with Gasteiger partial charge in [0.2, 0.25) is 5.82 Å². The molecular formula is C10H7BrN6. The number of benzene rings is 1. The number of nitrogens with zero attached hydrogens (tertiary/aromatic N) is 4. The van der Waals surface area contributed by atoms with E-state index in [1.807, 2.05) is 30.3 Å². The summed E-state index contributed by atoms with van der Waals surface area (Å²) in [5.74, 6) is 0.261. The molecule has 2 aromatic rings. The fraction of sp³-hybridized carbons (Fsp3) is 0. The second kappa shape index (κ2) is 5.23. The van der Waals surface area contributed by atoms with Gasteiger partial charge in [0.25, 0.3) is 0 Å². The number of tetrazole rings is 1. The molecule has 17 heavy (non-hydrogen) atoms. The predicted octanol–water partition coefficient (Wildman–Crippen LogP) is 1.94. The molecule has 0 spiro atoms. The molecule has 0 unspecified atom stereocenters. The van der Waals surface area contributed by atoms with Gasteiger partial charge in [0.15, 0.2) is 0 Å². The Morgan fingerprint density at radius 1 is 1.41 bits per heavy atom. The van der Waals surface area contributed by atoms with Gasteiger partial charge in [-0.3, -0.25) is 0 Å². The van der Waals surface area contributed by atoms with Crippen LogP contribution in [0.3, 0.4) is 0 Å². The normalized spacial score (nSPS) is 10.9. The van der Waals surface area contributed by atoms with Crippen molar-refractivity contribution < 1.29 is 0 Å². The topological polar surface area (TPSA) is 90.3 Å². The Hall–Kier alpha value is -2.20. The van der Waals surface area contributed by atoms with Crippen LogP contribution >= 0.6 is 15.9 Å². The van der Waals surface area contributed by atoms with Crippen molar-refractivity contribution >= 4 is 27.2 Å². The van der Waals surface area contributed by atoms with Gasteiger partial charge in [0.05, 0.1) is 0 Å². The van der Waals surface area contributed by atoms with Crippen LogP contribution < -0.4 is 5.32 Å². The van der Waals surface area contributed by atoms with Crippen molar-refractivity contribution in [3.63, 3.8) is 0 Å². The van der Waals surface area contributed by atoms with Crippen molar-refractivity contribution in [2.45, 2.75) is 0 Å². The van der Waals surface area contributed by atoms with E-state index in [0.717, 1.165) is 10.2 Å². The fourth-order valence-electron chi connectivity index (χ4n) is 1.12. The molecule has 0 aliphatic heterocycles. The Morgan fingerprint density at radius 3 is 2.76 bits per heavy atom. The lowest BCUT2D eigenvalue weighted by molar-refractivity contribution is 0.881. The molecule has 1 heterocycles. The summed E-state index contributed by atoms with van der Waals surface area (Å²) in [7, 11) is 0. The second-order valence-corrected chi connectivity index (χ2v) is 3.97. The van der Waals surface area contributed by atoms with Crippen molar-refractivity contribution in [3.8, 4) is 6.07 Å². The number of hydrogen-bond donors (Lipinski definition) is 2. The number of aromatic nitrogens is 4. The van der Waals surface area contributed by atoms with Crippen LogP contribution in [-0.4, -0.2) is 20.6 Å². The number of H-pyrrole nitrogens is 1. The monoisotopic (exact) mass is 290 g/mol. The summed E-state index contributed by atoms with van der Waals surface area (Å²) >= 11 is 3.34. The first-order valence-electron chi connectivity index (χ1n) is 4.66. The van der Waals surface area contributed by atoms with Gasteiger partial charge in [0, 0.05) is 16.4 Å². The molecule has 0 radical (unpaired) electrons. The quantitative estimate of drug-likeness (QED) is 0.843. The number of allylic oxidation sites excluding steroid dienone is 1. The zero-order chi connectivity index (χ0) is 12.1. The molecule has 0 saturated carbocycles. The lowest BCUT2D eigenvalue weighted by atomic mass is 10.3. The largest absolute Gasteiger partial charge is 0.360 e. The molecule has 84 valence electrons. The van der Waals surface area contributed by atoms with Gasteiger partial charge in [-0.2, -0.15) is 10.5 Å². The smallest absolute Gasteiger partial charge is 0.216 e. The van der Waals surface area contributed by atoms with Crippen LogP contribution in [0.1, 0.15) is 5.82 Å². The number of rotatable bonds is 3. The number of halogens is 1. The third-order valence-corrected chi connectivity index (χ3v) is 2.46. The number of nitriles is 1. The minimum atomic E-state index is 0.261. The van der Waals surface area contributed by atoms with Crippen LogP contribution in [0.4, 0.5) is 5.69 Å². The number of hydrogen-bond acceptors (Lipinski definition) is 5. The van der Waals surface area contributed by atoms with E-state index in [1.54, 1.807) is 0 Å². The summed E-state index contributed by atoms with van der Waals surface area (Å²) in [6.07, 6.45) is 1.54. The van der Waals surface area contributed by atoms with E-state index in [-0.39, 0.29) is 5.82 Å². The highest BCUT2D eigenvalue weighted by Crippen LogP contribution is 2.15. The maximum absolute atomic E-state index is 8.93. The first kappa shape index (κ1) is 11.3. The molecule has 0 bridgehead atoms. The highest BCUT2D eigenvalue weighted by atomic mass is 79.9. The third-order valence-electron chi connectivity index (χ3n) is 1.93. The molecule has 6 nitrogen and oxygen atoms in total. The minimum Gasteiger partial charge on any atom is -0.360 e. The average Bonchev–Trinajstić information content (AvgIpc) is 2.86. The molecule has 0 aliphatic carbocycles. The Labute approximate surface area is 105 Å². The molecular weight excluding hydrogens is 284 g/mol. The van der Waals surface area contributed by atoms with E-state index in [2.05, 4.69) is 41.9 Å². The first-order valence-corrected chi connectivity index (χ1v) is 5.45. The van der Waals surface area contributed by atoms with Crippen molar-refractivity contribution in [3.05, 3.63) is 40.8 Å². The maximum Gasteiger partial charge on any atom is 0.216 e. The number of aromatic amines is 1. The zero-order valence-corrected chi connectivity index (χ0v) is 10.1. The van der Waals surface area contributed by atoms with Gasteiger partial charge in [-0.1, -0.05) is 15.9 Å². The number of anilines is 1. The van der Waals surface area contributed by atoms with Crippen molar-refractivity contribution in [2.24, 2.45) is 0 Å². The SMILES string of the molecule is N#CC(=CNc1ccc(Br)cc1)c1nn[nH]n1. The first-order chi connectivity index (χ1) is 8.29. The Kier molecular flexibility index (Phi) is 3.47. The Morgan fingerprint density at radius 2 is 2.18 bits per heavy atom. The maximum atomic E-state index is 8.93. The molecule has 0 atom stereocenters. The lowest BCUT2D eigenvalue weighted by Gasteiger charge is -2.00. The van der Waals surface area contributed by atoms with Crippen LogP contribution in [-0.2, 0) is 0 Å². The van der Waals surface area contributed by atoms with E-state index in [4.69, 9.17) is 5.26 Å². The average molecular weight is 291 g/mol. The molecule has 0 amide bonds. The Balaban J connectivity index is 2.14. The van der Waals surface area contributed by atoms with Crippen molar-refractivity contribution in [2.75, 3.05) is 5.32 Å². The fourth-order valence-corrected chi connectivity index (χ4v) is 1.39. The van der Waals surface area contributed by atoms with Crippen LogP contribution in [0.5, 0.6) is 0 Å². The standard InChI is InChI=1S/C10H7BrN6/c11-8-1-3-9(4-2-8)13-6-7(5-12)10-14-16-17-15-10/h1-4,6,13H,(H,14,15,16,17). The van der Waals surface area contributed by atoms with Gasteiger partial charge < -0.3 is 5.32 Å². The minimum absolute atomic E-state index is 0.261. The molecule has 7 heteroatoms. The van der Waals surface area contributed by atoms with Crippen molar-refractivity contribution in [1.82, 2.24) is 20.6 Å². The van der Waals surface area contributed by atoms with Crippen LogP contribution in [0, 0.1) is 11.3 Å². The highest BCUT2D eigenvalue weighted by molar-refractivity contribution is 9.10. The highest BCUT2D eigenvalue weighted by Gasteiger charge is 2.04. The summed E-state index contributed by atoms with van der Waals surface area (Å²) in [6, 6.07) is 9.55. The van der Waals surface area contributed by atoms with Gasteiger partial charge in [-0.15, -0.1) is 10.2 Å². The van der Waals surface area contributed by atoms with Crippen molar-refractivity contribution in [1.29, 1.82) is 5.26 Å². The summed E-state index contributed by atoms with van der Waals surface area (Å²) in [5, 5.41) is 25.1. The summed E-state index contributed by atoms with van der Waals surface area (Å²) in [6.45, 7) is 0. The summed E-state index contributed by atoms with van der Waals surface area (Å²) in [4.78, 5) is 0.